The highest BCUT2D eigenvalue weighted by molar-refractivity contribution is 5.54. The topological polar surface area (TPSA) is 76.7 Å². The van der Waals surface area contributed by atoms with Crippen LogP contribution in [0.25, 0.3) is 0 Å². The molecule has 1 aromatic rings. The van der Waals surface area contributed by atoms with Gasteiger partial charge in [-0.15, -0.1) is 0 Å². The molecule has 0 bridgehead atoms. The molecule has 0 N–H and O–H groups in total. The SMILES string of the molecule is C[C@H]1CN(CC2CCN(c3c([N+](=O)[O-])ncn3C)CC2)C[C@H](C)O1. The number of aromatic nitrogens is 2. The van der Waals surface area contributed by atoms with Gasteiger partial charge in [0.1, 0.15) is 0 Å². The van der Waals surface area contributed by atoms with Gasteiger partial charge in [-0.05, 0) is 42.5 Å². The van der Waals surface area contributed by atoms with Gasteiger partial charge in [0.05, 0.1) is 12.2 Å². The summed E-state index contributed by atoms with van der Waals surface area (Å²) in [5.41, 5.74) is 0. The summed E-state index contributed by atoms with van der Waals surface area (Å²) in [6, 6.07) is 0. The summed E-state index contributed by atoms with van der Waals surface area (Å²) in [6.45, 7) is 9.05. The summed E-state index contributed by atoms with van der Waals surface area (Å²) in [6.07, 6.45) is 4.23. The molecule has 134 valence electrons. The quantitative estimate of drug-likeness (QED) is 0.614. The van der Waals surface area contributed by atoms with Crippen molar-refractivity contribution in [2.75, 3.05) is 37.6 Å². The Hall–Kier alpha value is -1.67. The number of ether oxygens (including phenoxy) is 1. The first-order valence-electron chi connectivity index (χ1n) is 8.72. The van der Waals surface area contributed by atoms with E-state index in [1.54, 1.807) is 4.57 Å². The Bertz CT molecular complexity index is 572. The molecular formula is C16H27N5O3. The van der Waals surface area contributed by atoms with Crippen LogP contribution in [0.2, 0.25) is 0 Å². The number of nitro groups is 1. The predicted molar refractivity (Wildman–Crippen MR) is 91.2 cm³/mol. The van der Waals surface area contributed by atoms with Gasteiger partial charge >= 0.3 is 5.82 Å². The molecule has 2 aliphatic rings. The number of imidazole rings is 1. The number of morpholine rings is 1. The van der Waals surface area contributed by atoms with Gasteiger partial charge in [0.15, 0.2) is 0 Å². The first-order chi connectivity index (χ1) is 11.4. The fourth-order valence-corrected chi connectivity index (χ4v) is 4.03. The number of rotatable bonds is 4. The highest BCUT2D eigenvalue weighted by atomic mass is 16.6. The van der Waals surface area contributed by atoms with Crippen molar-refractivity contribution in [1.82, 2.24) is 14.5 Å². The Morgan fingerprint density at radius 1 is 1.29 bits per heavy atom. The van der Waals surface area contributed by atoms with Crippen molar-refractivity contribution < 1.29 is 9.66 Å². The fourth-order valence-electron chi connectivity index (χ4n) is 4.03. The molecule has 24 heavy (non-hydrogen) atoms. The van der Waals surface area contributed by atoms with Crippen LogP contribution in [0.5, 0.6) is 0 Å². The minimum absolute atomic E-state index is 0.0354. The van der Waals surface area contributed by atoms with Gasteiger partial charge in [-0.2, -0.15) is 0 Å². The third-order valence-corrected chi connectivity index (χ3v) is 4.99. The van der Waals surface area contributed by atoms with Crippen molar-refractivity contribution in [3.63, 3.8) is 0 Å². The number of hydrogen-bond donors (Lipinski definition) is 0. The number of nitrogens with zero attached hydrogens (tertiary/aromatic N) is 5. The maximum Gasteiger partial charge on any atom is 0.406 e. The molecule has 0 spiro atoms. The zero-order chi connectivity index (χ0) is 17.3. The van der Waals surface area contributed by atoms with Crippen LogP contribution in [0, 0.1) is 16.0 Å². The Kier molecular flexibility index (Phi) is 5.05. The molecule has 0 amide bonds. The lowest BCUT2D eigenvalue weighted by Gasteiger charge is -2.39. The summed E-state index contributed by atoms with van der Waals surface area (Å²) in [4.78, 5) is 19.3. The molecule has 8 nitrogen and oxygen atoms in total. The van der Waals surface area contributed by atoms with Crippen LogP contribution in [0.3, 0.4) is 0 Å². The Morgan fingerprint density at radius 2 is 1.92 bits per heavy atom. The normalized spacial score (nSPS) is 26.7. The van der Waals surface area contributed by atoms with E-state index >= 15 is 0 Å². The van der Waals surface area contributed by atoms with Crippen LogP contribution in [0.15, 0.2) is 6.33 Å². The fraction of sp³-hybridized carbons (Fsp3) is 0.812. The van der Waals surface area contributed by atoms with Crippen LogP contribution >= 0.6 is 0 Å². The van der Waals surface area contributed by atoms with Crippen LogP contribution < -0.4 is 4.90 Å². The van der Waals surface area contributed by atoms with E-state index < -0.39 is 4.92 Å². The van der Waals surface area contributed by atoms with Crippen molar-refractivity contribution in [2.24, 2.45) is 13.0 Å². The van der Waals surface area contributed by atoms with Gasteiger partial charge < -0.3 is 19.8 Å². The van der Waals surface area contributed by atoms with Gasteiger partial charge in [0, 0.05) is 39.8 Å². The molecule has 0 saturated carbocycles. The highest BCUT2D eigenvalue weighted by Gasteiger charge is 2.30. The third kappa shape index (κ3) is 3.70. The average Bonchev–Trinajstić information content (AvgIpc) is 2.89. The minimum Gasteiger partial charge on any atom is -0.373 e. The number of aryl methyl sites for hydroxylation is 1. The van der Waals surface area contributed by atoms with E-state index in [1.807, 2.05) is 7.05 Å². The molecule has 0 aromatic carbocycles. The van der Waals surface area contributed by atoms with Gasteiger partial charge in [-0.3, -0.25) is 9.47 Å². The molecule has 0 radical (unpaired) electrons. The zero-order valence-electron chi connectivity index (χ0n) is 14.7. The molecule has 2 aliphatic heterocycles. The van der Waals surface area contributed by atoms with Crippen molar-refractivity contribution in [1.29, 1.82) is 0 Å². The maximum atomic E-state index is 11.2. The van der Waals surface area contributed by atoms with Crippen LogP contribution in [-0.4, -0.2) is 64.3 Å². The summed E-state index contributed by atoms with van der Waals surface area (Å²) in [5.74, 6) is 1.24. The first-order valence-corrected chi connectivity index (χ1v) is 8.72. The van der Waals surface area contributed by atoms with E-state index in [0.717, 1.165) is 45.6 Å². The standard InChI is InChI=1S/C16H27N5O3/c1-12-8-19(9-13(2)24-12)10-14-4-6-20(7-5-14)16-15(21(22)23)17-11-18(16)3/h11-14H,4-10H2,1-3H3/t12-,13-/m0/s1. The van der Waals surface area contributed by atoms with E-state index in [0.29, 0.717) is 23.9 Å². The van der Waals surface area contributed by atoms with Crippen LogP contribution in [0.4, 0.5) is 11.6 Å². The van der Waals surface area contributed by atoms with Crippen molar-refractivity contribution >= 4 is 11.6 Å². The second-order valence-electron chi connectivity index (χ2n) is 7.17. The monoisotopic (exact) mass is 337 g/mol. The number of hydrogen-bond acceptors (Lipinski definition) is 6. The van der Waals surface area contributed by atoms with E-state index in [4.69, 9.17) is 4.74 Å². The number of anilines is 1. The molecular weight excluding hydrogens is 310 g/mol. The van der Waals surface area contributed by atoms with Crippen molar-refractivity contribution in [3.05, 3.63) is 16.4 Å². The minimum atomic E-state index is -0.391. The molecule has 3 heterocycles. The van der Waals surface area contributed by atoms with Gasteiger partial charge in [-0.25, -0.2) is 0 Å². The second-order valence-corrected chi connectivity index (χ2v) is 7.17. The molecule has 3 rings (SSSR count). The highest BCUT2D eigenvalue weighted by Crippen LogP contribution is 2.30. The number of piperidine rings is 1. The van der Waals surface area contributed by atoms with Gasteiger partial charge in [0.25, 0.3) is 0 Å². The lowest BCUT2D eigenvalue weighted by molar-refractivity contribution is -0.388. The Labute approximate surface area is 142 Å². The summed E-state index contributed by atoms with van der Waals surface area (Å²) < 4.78 is 7.55. The first kappa shape index (κ1) is 17.2. The molecule has 8 heteroatoms. The second kappa shape index (κ2) is 7.06. The molecule has 2 atom stereocenters. The lowest BCUT2D eigenvalue weighted by Crippen LogP contribution is -2.48. The van der Waals surface area contributed by atoms with Crippen LogP contribution in [-0.2, 0) is 11.8 Å². The summed E-state index contributed by atoms with van der Waals surface area (Å²) >= 11 is 0. The third-order valence-electron chi connectivity index (χ3n) is 4.99. The molecule has 0 aliphatic carbocycles. The van der Waals surface area contributed by atoms with Crippen LogP contribution in [0.1, 0.15) is 26.7 Å². The summed E-state index contributed by atoms with van der Waals surface area (Å²) in [7, 11) is 1.82. The van der Waals surface area contributed by atoms with E-state index in [1.165, 1.54) is 6.33 Å². The lowest BCUT2D eigenvalue weighted by atomic mass is 9.95. The van der Waals surface area contributed by atoms with E-state index in [9.17, 15) is 10.1 Å². The molecule has 1 aromatic heterocycles. The van der Waals surface area contributed by atoms with Crippen molar-refractivity contribution in [3.8, 4) is 0 Å². The van der Waals surface area contributed by atoms with E-state index in [-0.39, 0.29) is 5.82 Å². The average molecular weight is 337 g/mol. The van der Waals surface area contributed by atoms with E-state index in [2.05, 4.69) is 28.6 Å². The summed E-state index contributed by atoms with van der Waals surface area (Å²) in [5, 5.41) is 11.2. The Morgan fingerprint density at radius 3 is 2.50 bits per heavy atom. The van der Waals surface area contributed by atoms with Gasteiger partial charge in [0.2, 0.25) is 12.1 Å². The molecule has 0 unspecified atom stereocenters. The zero-order valence-corrected chi connectivity index (χ0v) is 14.7. The van der Waals surface area contributed by atoms with Crippen molar-refractivity contribution in [2.45, 2.75) is 38.9 Å². The largest absolute Gasteiger partial charge is 0.406 e. The molecule has 2 fully saturated rings. The smallest absolute Gasteiger partial charge is 0.373 e. The predicted octanol–water partition coefficient (Wildman–Crippen LogP) is 1.65. The maximum absolute atomic E-state index is 11.2. The molecule has 2 saturated heterocycles. The van der Waals surface area contributed by atoms with Gasteiger partial charge in [-0.1, -0.05) is 0 Å². The Balaban J connectivity index is 1.56.